The number of halogens is 1. The molecule has 2 N–H and O–H groups in total. The topological polar surface area (TPSA) is 58.2 Å². The summed E-state index contributed by atoms with van der Waals surface area (Å²) in [6.45, 7) is 4.14. The van der Waals surface area contributed by atoms with Crippen LogP contribution in [0.25, 0.3) is 0 Å². The second-order valence-electron chi connectivity index (χ2n) is 4.89. The van der Waals surface area contributed by atoms with Gasteiger partial charge in [0.1, 0.15) is 0 Å². The molecule has 2 rings (SSSR count). The van der Waals surface area contributed by atoms with E-state index in [1.54, 1.807) is 0 Å². The molecule has 20 heavy (non-hydrogen) atoms. The molecule has 1 aliphatic rings. The lowest BCUT2D eigenvalue weighted by molar-refractivity contribution is 0.581. The standard InChI is InChI=1S/C14H20N2O2S.ClH/c1-12-3-2-4-14(9-12)11-19(17,18)16-10-13-5-7-15-8-6-13;/h2-5,9,15-16H,6-8,10-11H2,1H3;1H. The van der Waals surface area contributed by atoms with E-state index in [0.717, 1.165) is 36.2 Å². The molecule has 0 unspecified atom stereocenters. The summed E-state index contributed by atoms with van der Waals surface area (Å²) in [6, 6.07) is 7.60. The first-order valence-corrected chi connectivity index (χ1v) is 8.12. The largest absolute Gasteiger partial charge is 0.313 e. The molecule has 1 heterocycles. The van der Waals surface area contributed by atoms with Gasteiger partial charge in [0.25, 0.3) is 0 Å². The van der Waals surface area contributed by atoms with Crippen molar-refractivity contribution < 1.29 is 8.42 Å². The van der Waals surface area contributed by atoms with E-state index in [1.807, 2.05) is 31.2 Å². The van der Waals surface area contributed by atoms with E-state index >= 15 is 0 Å². The maximum absolute atomic E-state index is 12.0. The van der Waals surface area contributed by atoms with Gasteiger partial charge >= 0.3 is 0 Å². The minimum atomic E-state index is -3.26. The number of sulfonamides is 1. The van der Waals surface area contributed by atoms with Crippen LogP contribution in [-0.4, -0.2) is 28.1 Å². The smallest absolute Gasteiger partial charge is 0.216 e. The second-order valence-corrected chi connectivity index (χ2v) is 6.69. The molecule has 6 heteroatoms. The Morgan fingerprint density at radius 2 is 2.15 bits per heavy atom. The van der Waals surface area contributed by atoms with Gasteiger partial charge in [-0.25, -0.2) is 13.1 Å². The van der Waals surface area contributed by atoms with Gasteiger partial charge in [0.05, 0.1) is 5.75 Å². The summed E-state index contributed by atoms with van der Waals surface area (Å²) in [5.74, 6) is 0.0419. The van der Waals surface area contributed by atoms with Gasteiger partial charge in [-0.1, -0.05) is 41.5 Å². The Morgan fingerprint density at radius 1 is 1.35 bits per heavy atom. The molecular formula is C14H21ClN2O2S. The van der Waals surface area contributed by atoms with Crippen LogP contribution in [0.5, 0.6) is 0 Å². The highest BCUT2D eigenvalue weighted by molar-refractivity contribution is 7.88. The zero-order chi connectivity index (χ0) is 13.7. The second kappa shape index (κ2) is 7.78. The van der Waals surface area contributed by atoms with Crippen LogP contribution in [-0.2, 0) is 15.8 Å². The molecule has 0 aliphatic carbocycles. The molecule has 1 aromatic carbocycles. The van der Waals surface area contributed by atoms with E-state index in [1.165, 1.54) is 0 Å². The van der Waals surface area contributed by atoms with Crippen molar-refractivity contribution in [3.8, 4) is 0 Å². The quantitative estimate of drug-likeness (QED) is 0.814. The molecule has 0 saturated carbocycles. The fraction of sp³-hybridized carbons (Fsp3) is 0.429. The monoisotopic (exact) mass is 316 g/mol. The predicted octanol–water partition coefficient (Wildman–Crippen LogP) is 1.76. The lowest BCUT2D eigenvalue weighted by atomic mass is 10.1. The minimum absolute atomic E-state index is 0. The van der Waals surface area contributed by atoms with E-state index in [9.17, 15) is 8.42 Å². The highest BCUT2D eigenvalue weighted by Gasteiger charge is 2.12. The molecule has 1 aromatic rings. The van der Waals surface area contributed by atoms with Crippen LogP contribution in [0, 0.1) is 6.92 Å². The summed E-state index contributed by atoms with van der Waals surface area (Å²) >= 11 is 0. The van der Waals surface area contributed by atoms with Gasteiger partial charge in [0.2, 0.25) is 10.0 Å². The highest BCUT2D eigenvalue weighted by Crippen LogP contribution is 2.09. The molecule has 0 saturated heterocycles. The third-order valence-corrected chi connectivity index (χ3v) is 4.41. The van der Waals surface area contributed by atoms with Crippen molar-refractivity contribution in [3.05, 3.63) is 47.0 Å². The Bertz CT molecular complexity index is 570. The molecule has 0 amide bonds. The third kappa shape index (κ3) is 5.63. The summed E-state index contributed by atoms with van der Waals surface area (Å²) in [6.07, 6.45) is 2.96. The van der Waals surface area contributed by atoms with Crippen molar-refractivity contribution in [2.75, 3.05) is 19.6 Å². The summed E-state index contributed by atoms with van der Waals surface area (Å²) in [5, 5.41) is 3.20. The molecule has 0 spiro atoms. The summed E-state index contributed by atoms with van der Waals surface area (Å²) in [5.41, 5.74) is 3.06. The van der Waals surface area contributed by atoms with Gasteiger partial charge in [0, 0.05) is 13.1 Å². The van der Waals surface area contributed by atoms with E-state index in [-0.39, 0.29) is 18.2 Å². The fourth-order valence-electron chi connectivity index (χ4n) is 2.11. The van der Waals surface area contributed by atoms with E-state index < -0.39 is 10.0 Å². The number of aryl methyl sites for hydroxylation is 1. The van der Waals surface area contributed by atoms with Crippen molar-refractivity contribution in [1.29, 1.82) is 0 Å². The molecule has 1 aliphatic heterocycles. The molecule has 4 nitrogen and oxygen atoms in total. The lowest BCUT2D eigenvalue weighted by Crippen LogP contribution is -2.30. The first kappa shape index (κ1) is 17.2. The molecule has 112 valence electrons. The molecule has 0 aromatic heterocycles. The number of benzene rings is 1. The van der Waals surface area contributed by atoms with Gasteiger partial charge in [-0.2, -0.15) is 0 Å². The Morgan fingerprint density at radius 3 is 2.80 bits per heavy atom. The zero-order valence-corrected chi connectivity index (χ0v) is 13.2. The summed E-state index contributed by atoms with van der Waals surface area (Å²) in [4.78, 5) is 0. The van der Waals surface area contributed by atoms with Crippen molar-refractivity contribution in [3.63, 3.8) is 0 Å². The first-order valence-electron chi connectivity index (χ1n) is 6.47. The van der Waals surface area contributed by atoms with Crippen molar-refractivity contribution in [2.24, 2.45) is 0 Å². The van der Waals surface area contributed by atoms with E-state index in [0.29, 0.717) is 6.54 Å². The van der Waals surface area contributed by atoms with Gasteiger partial charge in [0.15, 0.2) is 0 Å². The fourth-order valence-corrected chi connectivity index (χ4v) is 3.23. The molecule has 0 bridgehead atoms. The van der Waals surface area contributed by atoms with Crippen LogP contribution < -0.4 is 10.0 Å². The highest BCUT2D eigenvalue weighted by atomic mass is 35.5. The Hall–Kier alpha value is -0.880. The molecule has 0 atom stereocenters. The van der Waals surface area contributed by atoms with Crippen molar-refractivity contribution >= 4 is 22.4 Å². The van der Waals surface area contributed by atoms with Gasteiger partial charge in [-0.15, -0.1) is 12.4 Å². The molecule has 0 fully saturated rings. The van der Waals surface area contributed by atoms with Crippen LogP contribution >= 0.6 is 12.4 Å². The number of hydrogen-bond acceptors (Lipinski definition) is 3. The summed E-state index contributed by atoms with van der Waals surface area (Å²) < 4.78 is 26.7. The van der Waals surface area contributed by atoms with Crippen LogP contribution in [0.15, 0.2) is 35.9 Å². The number of rotatable bonds is 5. The Balaban J connectivity index is 0.00000200. The molecular weight excluding hydrogens is 296 g/mol. The van der Waals surface area contributed by atoms with Gasteiger partial charge in [-0.3, -0.25) is 0 Å². The third-order valence-electron chi connectivity index (χ3n) is 3.12. The van der Waals surface area contributed by atoms with E-state index in [2.05, 4.69) is 16.1 Å². The van der Waals surface area contributed by atoms with Crippen molar-refractivity contribution in [2.45, 2.75) is 19.1 Å². The normalized spacial score (nSPS) is 15.3. The van der Waals surface area contributed by atoms with Crippen LogP contribution in [0.1, 0.15) is 17.5 Å². The Labute approximate surface area is 127 Å². The van der Waals surface area contributed by atoms with E-state index in [4.69, 9.17) is 0 Å². The maximum atomic E-state index is 12.0. The lowest BCUT2D eigenvalue weighted by Gasteiger charge is -2.14. The van der Waals surface area contributed by atoms with Crippen molar-refractivity contribution in [1.82, 2.24) is 10.0 Å². The number of nitrogens with one attached hydrogen (secondary N) is 2. The molecule has 0 radical (unpaired) electrons. The van der Waals surface area contributed by atoms with Crippen LogP contribution in [0.2, 0.25) is 0 Å². The number of hydrogen-bond donors (Lipinski definition) is 2. The average Bonchev–Trinajstić information content (AvgIpc) is 2.37. The zero-order valence-electron chi connectivity index (χ0n) is 11.6. The Kier molecular flexibility index (Phi) is 6.68. The van der Waals surface area contributed by atoms with Crippen LogP contribution in [0.4, 0.5) is 0 Å². The minimum Gasteiger partial charge on any atom is -0.313 e. The maximum Gasteiger partial charge on any atom is 0.216 e. The predicted molar refractivity (Wildman–Crippen MR) is 84.6 cm³/mol. The average molecular weight is 317 g/mol. The van der Waals surface area contributed by atoms with Gasteiger partial charge < -0.3 is 5.32 Å². The van der Waals surface area contributed by atoms with Gasteiger partial charge in [-0.05, 0) is 25.5 Å². The van der Waals surface area contributed by atoms with Crippen LogP contribution in [0.3, 0.4) is 0 Å². The SMILES string of the molecule is Cc1cccc(CS(=O)(=O)NCC2=CCNCC2)c1.Cl. The first-order chi connectivity index (χ1) is 9.05. The summed E-state index contributed by atoms with van der Waals surface area (Å²) in [7, 11) is -3.26.